The van der Waals surface area contributed by atoms with Crippen LogP contribution in [0.25, 0.3) is 27.8 Å². The van der Waals surface area contributed by atoms with Crippen LogP contribution >= 0.6 is 11.3 Å². The molecule has 2 aromatic heterocycles. The summed E-state index contributed by atoms with van der Waals surface area (Å²) < 4.78 is 3.55. The third-order valence-corrected chi connectivity index (χ3v) is 6.49. The van der Waals surface area contributed by atoms with Crippen LogP contribution in [0.15, 0.2) is 88.0 Å². The van der Waals surface area contributed by atoms with Gasteiger partial charge < -0.3 is 4.57 Å². The van der Waals surface area contributed by atoms with Gasteiger partial charge in [0.2, 0.25) is 0 Å². The smallest absolute Gasteiger partial charge is 0.269 e. The molecule has 0 aliphatic heterocycles. The van der Waals surface area contributed by atoms with Crippen molar-refractivity contribution in [3.8, 4) is 16.9 Å². The van der Waals surface area contributed by atoms with Crippen LogP contribution in [0.5, 0.6) is 0 Å². The molecule has 8 nitrogen and oxygen atoms in total. The molecule has 0 aliphatic carbocycles. The first kappa shape index (κ1) is 21.5. The number of rotatable bonds is 4. The number of aryl methyl sites for hydroxylation is 1. The molecule has 0 radical (unpaired) electrons. The van der Waals surface area contributed by atoms with Crippen LogP contribution < -0.4 is 10.4 Å². The molecule has 9 heteroatoms. The highest BCUT2D eigenvalue weighted by Crippen LogP contribution is 2.23. The number of thiazole rings is 1. The average molecular weight is 470 g/mol. The third-order valence-electron chi connectivity index (χ3n) is 5.57. The number of benzene rings is 3. The van der Waals surface area contributed by atoms with Crippen molar-refractivity contribution in [2.24, 2.45) is 12.0 Å². The van der Waals surface area contributed by atoms with E-state index in [1.54, 1.807) is 22.8 Å². The van der Waals surface area contributed by atoms with Gasteiger partial charge >= 0.3 is 0 Å². The Balaban J connectivity index is 1.49. The molecule has 5 rings (SSSR count). The summed E-state index contributed by atoms with van der Waals surface area (Å²) in [4.78, 5) is 33.6. The molecule has 0 atom stereocenters. The van der Waals surface area contributed by atoms with Crippen LogP contribution in [0.4, 0.5) is 11.4 Å². The molecular formula is C25H19N5O3S. The molecular weight excluding hydrogens is 450 g/mol. The van der Waals surface area contributed by atoms with Gasteiger partial charge in [-0.3, -0.25) is 19.5 Å². The maximum Gasteiger partial charge on any atom is 0.269 e. The number of para-hydroxylation sites is 1. The van der Waals surface area contributed by atoms with E-state index in [4.69, 9.17) is 4.99 Å². The van der Waals surface area contributed by atoms with Gasteiger partial charge in [0.1, 0.15) is 5.82 Å². The van der Waals surface area contributed by atoms with Gasteiger partial charge in [-0.2, -0.15) is 0 Å². The first-order valence-corrected chi connectivity index (χ1v) is 11.3. The molecule has 0 N–H and O–H groups in total. The maximum atomic E-state index is 13.0. The highest BCUT2D eigenvalue weighted by molar-refractivity contribution is 7.07. The second-order valence-corrected chi connectivity index (χ2v) is 8.55. The summed E-state index contributed by atoms with van der Waals surface area (Å²) in [7, 11) is 1.91. The Kier molecular flexibility index (Phi) is 5.39. The molecule has 0 unspecified atom stereocenters. The number of hydrogen-bond acceptors (Lipinski definition) is 6. The van der Waals surface area contributed by atoms with E-state index < -0.39 is 4.92 Å². The summed E-state index contributed by atoms with van der Waals surface area (Å²) in [6.45, 7) is 1.82. The number of non-ortho nitro benzene ring substituents is 1. The van der Waals surface area contributed by atoms with E-state index in [1.165, 1.54) is 23.5 Å². The summed E-state index contributed by atoms with van der Waals surface area (Å²) in [6, 6.07) is 21.2. The zero-order valence-electron chi connectivity index (χ0n) is 18.4. The predicted octanol–water partition coefficient (Wildman–Crippen LogP) is 4.90. The lowest BCUT2D eigenvalue weighted by molar-refractivity contribution is -0.384. The van der Waals surface area contributed by atoms with Gasteiger partial charge in [0.15, 0.2) is 4.80 Å². The highest BCUT2D eigenvalue weighted by atomic mass is 32.1. The number of nitro groups is 1. The summed E-state index contributed by atoms with van der Waals surface area (Å²) in [5.41, 5.74) is 3.90. The molecule has 2 heterocycles. The number of hydrogen-bond donors (Lipinski definition) is 0. The lowest BCUT2D eigenvalue weighted by Gasteiger charge is -2.11. The van der Waals surface area contributed by atoms with Crippen LogP contribution in [-0.2, 0) is 7.05 Å². The van der Waals surface area contributed by atoms with Crippen molar-refractivity contribution in [2.75, 3.05) is 0 Å². The maximum absolute atomic E-state index is 13.0. The molecule has 0 amide bonds. The standard InChI is InChI=1S/C25H19N5O3S/c1-16-26-22-6-4-3-5-21(22)24(31)29(16)19-13-9-18(10-14-19)27-25-28(2)23(15-34-25)17-7-11-20(12-8-17)30(32)33/h3-15H,1-2H3. The van der Waals surface area contributed by atoms with Crippen molar-refractivity contribution in [2.45, 2.75) is 6.92 Å². The lowest BCUT2D eigenvalue weighted by Crippen LogP contribution is -2.22. The zero-order chi connectivity index (χ0) is 23.8. The van der Waals surface area contributed by atoms with E-state index in [-0.39, 0.29) is 11.2 Å². The first-order valence-electron chi connectivity index (χ1n) is 10.5. The van der Waals surface area contributed by atoms with Gasteiger partial charge in [-0.15, -0.1) is 11.3 Å². The van der Waals surface area contributed by atoms with Crippen LogP contribution in [0.3, 0.4) is 0 Å². The lowest BCUT2D eigenvalue weighted by atomic mass is 10.1. The van der Waals surface area contributed by atoms with Gasteiger partial charge in [-0.1, -0.05) is 12.1 Å². The Labute approximate surface area is 197 Å². The van der Waals surface area contributed by atoms with Gasteiger partial charge in [0.05, 0.1) is 32.9 Å². The topological polar surface area (TPSA) is 95.3 Å². The molecule has 0 saturated carbocycles. The van der Waals surface area contributed by atoms with Crippen LogP contribution in [0, 0.1) is 17.0 Å². The molecule has 5 aromatic rings. The van der Waals surface area contributed by atoms with Gasteiger partial charge in [0, 0.05) is 24.6 Å². The monoisotopic (exact) mass is 469 g/mol. The minimum atomic E-state index is -0.411. The summed E-state index contributed by atoms with van der Waals surface area (Å²) >= 11 is 1.48. The largest absolute Gasteiger partial charge is 0.320 e. The normalized spacial score (nSPS) is 11.8. The van der Waals surface area contributed by atoms with Gasteiger partial charge in [-0.05, 0) is 61.0 Å². The Hall–Kier alpha value is -4.37. The van der Waals surface area contributed by atoms with Crippen molar-refractivity contribution in [3.05, 3.63) is 109 Å². The Bertz CT molecular complexity index is 1660. The van der Waals surface area contributed by atoms with E-state index in [0.717, 1.165) is 27.4 Å². The molecule has 168 valence electrons. The molecule has 34 heavy (non-hydrogen) atoms. The fourth-order valence-electron chi connectivity index (χ4n) is 3.82. The minimum absolute atomic E-state index is 0.0580. The second-order valence-electron chi connectivity index (χ2n) is 7.71. The molecule has 3 aromatic carbocycles. The Morgan fingerprint density at radius 1 is 1.00 bits per heavy atom. The van der Waals surface area contributed by atoms with E-state index in [0.29, 0.717) is 16.7 Å². The molecule has 0 aliphatic rings. The van der Waals surface area contributed by atoms with Crippen LogP contribution in [-0.4, -0.2) is 19.0 Å². The van der Waals surface area contributed by atoms with Crippen LogP contribution in [0.2, 0.25) is 0 Å². The number of nitro benzene ring substituents is 1. The molecule has 0 bridgehead atoms. The fraction of sp³-hybridized carbons (Fsp3) is 0.0800. The Morgan fingerprint density at radius 3 is 2.41 bits per heavy atom. The number of fused-ring (bicyclic) bond motifs is 1. The number of nitrogens with zero attached hydrogens (tertiary/aromatic N) is 5. The molecule has 0 fully saturated rings. The quantitative estimate of drug-likeness (QED) is 0.276. The third kappa shape index (κ3) is 3.82. The SMILES string of the molecule is Cc1nc2ccccc2c(=O)n1-c1ccc(N=c2scc(-c3ccc([N+](=O)[O-])cc3)n2C)cc1. The van der Waals surface area contributed by atoms with E-state index in [2.05, 4.69) is 4.98 Å². The van der Waals surface area contributed by atoms with Crippen molar-refractivity contribution in [1.29, 1.82) is 0 Å². The van der Waals surface area contributed by atoms with Crippen molar-refractivity contribution in [1.82, 2.24) is 14.1 Å². The summed E-state index contributed by atoms with van der Waals surface area (Å²) in [5, 5.41) is 13.4. The van der Waals surface area contributed by atoms with Crippen molar-refractivity contribution in [3.63, 3.8) is 0 Å². The van der Waals surface area contributed by atoms with Crippen molar-refractivity contribution >= 4 is 33.6 Å². The summed E-state index contributed by atoms with van der Waals surface area (Å²) in [6.07, 6.45) is 0. The fourth-order valence-corrected chi connectivity index (χ4v) is 4.75. The Morgan fingerprint density at radius 2 is 1.71 bits per heavy atom. The van der Waals surface area contributed by atoms with Crippen LogP contribution in [0.1, 0.15) is 5.82 Å². The van der Waals surface area contributed by atoms with Gasteiger partial charge in [-0.25, -0.2) is 9.98 Å². The van der Waals surface area contributed by atoms with Gasteiger partial charge in [0.25, 0.3) is 11.2 Å². The number of aromatic nitrogens is 3. The first-order chi connectivity index (χ1) is 16.4. The molecule has 0 spiro atoms. The van der Waals surface area contributed by atoms with E-state index >= 15 is 0 Å². The zero-order valence-corrected chi connectivity index (χ0v) is 19.2. The van der Waals surface area contributed by atoms with E-state index in [1.807, 2.05) is 66.4 Å². The van der Waals surface area contributed by atoms with Crippen molar-refractivity contribution < 1.29 is 4.92 Å². The molecule has 0 saturated heterocycles. The minimum Gasteiger partial charge on any atom is -0.320 e. The highest BCUT2D eigenvalue weighted by Gasteiger charge is 2.11. The second kappa shape index (κ2) is 8.53. The average Bonchev–Trinajstić information content (AvgIpc) is 3.20. The van der Waals surface area contributed by atoms with E-state index in [9.17, 15) is 14.9 Å². The predicted molar refractivity (Wildman–Crippen MR) is 133 cm³/mol. The summed E-state index contributed by atoms with van der Waals surface area (Å²) in [5.74, 6) is 0.616.